The molecule has 1 fully saturated rings. The minimum atomic E-state index is -4.46. The van der Waals surface area contributed by atoms with Crippen LogP contribution in [-0.4, -0.2) is 53.7 Å². The van der Waals surface area contributed by atoms with Crippen LogP contribution in [0.25, 0.3) is 10.9 Å². The third-order valence-corrected chi connectivity index (χ3v) is 8.15. The molecule has 3 heterocycles. The molecule has 4 aromatic rings. The van der Waals surface area contributed by atoms with Crippen LogP contribution in [0.15, 0.2) is 66.9 Å². The number of hydrogen-bond acceptors (Lipinski definition) is 4. The quantitative estimate of drug-likeness (QED) is 0.285. The number of aromatic amines is 1. The van der Waals surface area contributed by atoms with Gasteiger partial charge in [0.25, 0.3) is 0 Å². The Morgan fingerprint density at radius 2 is 1.76 bits per heavy atom. The molecule has 1 atom stereocenters. The SMILES string of the molecule is CCc1cccc2c([C@H](CC(=O)N3CCN(Cc4ccc5c(c4)OCO5)CC3)c3cccc(C(F)(F)F)c3)c[nH]c12. The van der Waals surface area contributed by atoms with Crippen molar-refractivity contribution in [2.75, 3.05) is 33.0 Å². The first-order valence-corrected chi connectivity index (χ1v) is 13.9. The van der Waals surface area contributed by atoms with Gasteiger partial charge in [-0.2, -0.15) is 13.2 Å². The average molecular weight is 564 g/mol. The van der Waals surface area contributed by atoms with E-state index in [1.165, 1.54) is 12.1 Å². The van der Waals surface area contributed by atoms with E-state index in [0.717, 1.165) is 58.1 Å². The minimum Gasteiger partial charge on any atom is -0.454 e. The van der Waals surface area contributed by atoms with Gasteiger partial charge in [-0.05, 0) is 46.9 Å². The van der Waals surface area contributed by atoms with Crippen LogP contribution in [0.3, 0.4) is 0 Å². The summed E-state index contributed by atoms with van der Waals surface area (Å²) in [6.07, 6.45) is -1.70. The van der Waals surface area contributed by atoms with E-state index in [2.05, 4.69) is 16.8 Å². The highest BCUT2D eigenvalue weighted by Gasteiger charge is 2.33. The molecule has 9 heteroatoms. The van der Waals surface area contributed by atoms with Gasteiger partial charge in [-0.25, -0.2) is 0 Å². The minimum absolute atomic E-state index is 0.0591. The monoisotopic (exact) mass is 563 g/mol. The third-order valence-electron chi connectivity index (χ3n) is 8.15. The van der Waals surface area contributed by atoms with E-state index in [1.54, 1.807) is 6.07 Å². The standard InChI is InChI=1S/C32H32F3N3O3/c1-2-22-5-4-8-25-27(18-36-31(22)25)26(23-6-3-7-24(16-23)32(33,34)35)17-30(39)38-13-11-37(12-14-38)19-21-9-10-28-29(15-21)41-20-40-28/h3-10,15-16,18,26,36H,2,11-14,17,19-20H2,1H3/t26-/m1/s1. The van der Waals surface area contributed by atoms with Crippen LogP contribution >= 0.6 is 0 Å². The second-order valence-electron chi connectivity index (χ2n) is 10.7. The number of nitrogens with one attached hydrogen (secondary N) is 1. The summed E-state index contributed by atoms with van der Waals surface area (Å²) in [5, 5.41) is 0.938. The number of rotatable bonds is 7. The van der Waals surface area contributed by atoms with Gasteiger partial charge in [-0.1, -0.05) is 49.4 Å². The molecule has 1 N–H and O–H groups in total. The predicted molar refractivity (Wildman–Crippen MR) is 150 cm³/mol. The van der Waals surface area contributed by atoms with Crippen LogP contribution < -0.4 is 9.47 Å². The summed E-state index contributed by atoms with van der Waals surface area (Å²) in [6.45, 7) is 5.58. The lowest BCUT2D eigenvalue weighted by Crippen LogP contribution is -2.48. The Bertz CT molecular complexity index is 1560. The van der Waals surface area contributed by atoms with Crippen molar-refractivity contribution < 1.29 is 27.4 Å². The second kappa shape index (κ2) is 11.1. The van der Waals surface area contributed by atoms with Gasteiger partial charge in [-0.15, -0.1) is 0 Å². The number of piperazine rings is 1. The Hall–Kier alpha value is -3.98. The molecular weight excluding hydrogens is 531 g/mol. The van der Waals surface area contributed by atoms with E-state index in [9.17, 15) is 18.0 Å². The number of carbonyl (C=O) groups excluding carboxylic acids is 1. The van der Waals surface area contributed by atoms with Crippen molar-refractivity contribution >= 4 is 16.8 Å². The number of ether oxygens (including phenoxy) is 2. The zero-order valence-corrected chi connectivity index (χ0v) is 22.8. The van der Waals surface area contributed by atoms with E-state index in [4.69, 9.17) is 9.47 Å². The molecule has 3 aromatic carbocycles. The van der Waals surface area contributed by atoms with Crippen molar-refractivity contribution in [1.29, 1.82) is 0 Å². The van der Waals surface area contributed by atoms with Crippen LogP contribution in [0.1, 0.15) is 47.1 Å². The fourth-order valence-electron chi connectivity index (χ4n) is 5.92. The van der Waals surface area contributed by atoms with Gasteiger partial charge >= 0.3 is 6.18 Å². The molecular formula is C32H32F3N3O3. The number of aryl methyl sites for hydroxylation is 1. The summed E-state index contributed by atoms with van der Waals surface area (Å²) in [5.41, 5.74) is 3.82. The van der Waals surface area contributed by atoms with E-state index >= 15 is 0 Å². The summed E-state index contributed by atoms with van der Waals surface area (Å²) in [6, 6.07) is 17.3. The highest BCUT2D eigenvalue weighted by atomic mass is 19.4. The van der Waals surface area contributed by atoms with Crippen molar-refractivity contribution in [1.82, 2.24) is 14.8 Å². The van der Waals surface area contributed by atoms with Gasteiger partial charge in [-0.3, -0.25) is 9.69 Å². The molecule has 0 aliphatic carbocycles. The van der Waals surface area contributed by atoms with Crippen molar-refractivity contribution in [3.63, 3.8) is 0 Å². The van der Waals surface area contributed by atoms with Gasteiger partial charge in [0.15, 0.2) is 11.5 Å². The molecule has 1 saturated heterocycles. The maximum Gasteiger partial charge on any atom is 0.416 e. The molecule has 0 radical (unpaired) electrons. The summed E-state index contributed by atoms with van der Waals surface area (Å²) in [7, 11) is 0. The molecule has 6 nitrogen and oxygen atoms in total. The van der Waals surface area contributed by atoms with E-state index < -0.39 is 17.7 Å². The second-order valence-corrected chi connectivity index (χ2v) is 10.7. The largest absolute Gasteiger partial charge is 0.454 e. The van der Waals surface area contributed by atoms with E-state index in [1.807, 2.05) is 47.5 Å². The zero-order chi connectivity index (χ0) is 28.6. The number of aromatic nitrogens is 1. The number of hydrogen-bond donors (Lipinski definition) is 1. The molecule has 1 amide bonds. The molecule has 0 saturated carbocycles. The number of benzene rings is 3. The smallest absolute Gasteiger partial charge is 0.416 e. The Morgan fingerprint density at radius 1 is 0.976 bits per heavy atom. The first kappa shape index (κ1) is 27.2. The summed E-state index contributed by atoms with van der Waals surface area (Å²) in [4.78, 5) is 21.1. The molecule has 6 rings (SSSR count). The lowest BCUT2D eigenvalue weighted by atomic mass is 9.86. The number of H-pyrrole nitrogens is 1. The number of amides is 1. The number of halogens is 3. The Kier molecular flexibility index (Phi) is 7.38. The molecule has 2 aliphatic rings. The van der Waals surface area contributed by atoms with Crippen molar-refractivity contribution in [2.24, 2.45) is 0 Å². The fourth-order valence-corrected chi connectivity index (χ4v) is 5.92. The van der Waals surface area contributed by atoms with Gasteiger partial charge < -0.3 is 19.4 Å². The number of carbonyl (C=O) groups is 1. The number of fused-ring (bicyclic) bond motifs is 2. The first-order valence-electron chi connectivity index (χ1n) is 13.9. The molecule has 0 spiro atoms. The molecule has 0 unspecified atom stereocenters. The van der Waals surface area contributed by atoms with Gasteiger partial charge in [0.2, 0.25) is 12.7 Å². The summed E-state index contributed by atoms with van der Waals surface area (Å²) >= 11 is 0. The maximum absolute atomic E-state index is 13.7. The summed E-state index contributed by atoms with van der Waals surface area (Å²) in [5.74, 6) is 0.925. The van der Waals surface area contributed by atoms with Crippen LogP contribution in [0.4, 0.5) is 13.2 Å². The van der Waals surface area contributed by atoms with Gasteiger partial charge in [0.05, 0.1) is 5.56 Å². The highest BCUT2D eigenvalue weighted by Crippen LogP contribution is 2.38. The van der Waals surface area contributed by atoms with Gasteiger partial charge in [0.1, 0.15) is 0 Å². The van der Waals surface area contributed by atoms with Crippen LogP contribution in [0, 0.1) is 0 Å². The Morgan fingerprint density at radius 3 is 2.54 bits per heavy atom. The third kappa shape index (κ3) is 5.63. The number of alkyl halides is 3. The van der Waals surface area contributed by atoms with Crippen LogP contribution in [-0.2, 0) is 23.9 Å². The highest BCUT2D eigenvalue weighted by molar-refractivity contribution is 5.88. The Balaban J connectivity index is 1.20. The number of nitrogens with zero attached hydrogens (tertiary/aromatic N) is 2. The maximum atomic E-state index is 13.7. The van der Waals surface area contributed by atoms with E-state index in [0.29, 0.717) is 31.7 Å². The van der Waals surface area contributed by atoms with Crippen molar-refractivity contribution in [3.05, 3.63) is 94.7 Å². The van der Waals surface area contributed by atoms with Crippen LogP contribution in [0.2, 0.25) is 0 Å². The normalized spacial score (nSPS) is 16.3. The van der Waals surface area contributed by atoms with Crippen molar-refractivity contribution in [3.8, 4) is 11.5 Å². The molecule has 2 aliphatic heterocycles. The zero-order valence-electron chi connectivity index (χ0n) is 22.8. The Labute approximate surface area is 236 Å². The first-order chi connectivity index (χ1) is 19.8. The molecule has 214 valence electrons. The number of para-hydroxylation sites is 1. The van der Waals surface area contributed by atoms with E-state index in [-0.39, 0.29) is 19.1 Å². The molecule has 1 aromatic heterocycles. The average Bonchev–Trinajstić information content (AvgIpc) is 3.63. The summed E-state index contributed by atoms with van der Waals surface area (Å²) < 4.78 is 51.8. The lowest BCUT2D eigenvalue weighted by molar-refractivity contribution is -0.137. The molecule has 0 bridgehead atoms. The fraction of sp³-hybridized carbons (Fsp3) is 0.344. The topological polar surface area (TPSA) is 57.8 Å². The lowest BCUT2D eigenvalue weighted by Gasteiger charge is -2.35. The molecule has 41 heavy (non-hydrogen) atoms. The van der Waals surface area contributed by atoms with Crippen molar-refractivity contribution in [2.45, 2.75) is 38.4 Å². The van der Waals surface area contributed by atoms with Crippen LogP contribution in [0.5, 0.6) is 11.5 Å². The van der Waals surface area contributed by atoms with Gasteiger partial charge in [0, 0.05) is 62.2 Å². The predicted octanol–water partition coefficient (Wildman–Crippen LogP) is 6.34.